The van der Waals surface area contributed by atoms with E-state index in [1.807, 2.05) is 29.8 Å². The molecule has 2 aromatic rings. The average Bonchev–Trinajstić information content (AvgIpc) is 2.48. The lowest BCUT2D eigenvalue weighted by Gasteiger charge is -2.02. The second-order valence-electron chi connectivity index (χ2n) is 2.97. The Kier molecular flexibility index (Phi) is 2.74. The third kappa shape index (κ3) is 1.77. The van der Waals surface area contributed by atoms with Crippen LogP contribution in [0.4, 0.5) is 0 Å². The van der Waals surface area contributed by atoms with Gasteiger partial charge in [-0.15, -0.1) is 0 Å². The zero-order valence-corrected chi connectivity index (χ0v) is 10.7. The molecule has 2 nitrogen and oxygen atoms in total. The van der Waals surface area contributed by atoms with E-state index in [9.17, 15) is 0 Å². The molecule has 0 aliphatic rings. The average molecular weight is 316 g/mol. The second kappa shape index (κ2) is 3.87. The molecule has 1 aromatic heterocycles. The molecule has 4 heteroatoms. The third-order valence-electron chi connectivity index (χ3n) is 2.01. The summed E-state index contributed by atoms with van der Waals surface area (Å²) in [5.74, 6) is 0.957. The largest absolute Gasteiger partial charge is 0.322 e. The van der Waals surface area contributed by atoms with Crippen molar-refractivity contribution in [3.8, 4) is 11.4 Å². The number of aromatic nitrogens is 2. The highest BCUT2D eigenvalue weighted by molar-refractivity contribution is 9.10. The van der Waals surface area contributed by atoms with Crippen LogP contribution in [0.5, 0.6) is 0 Å². The van der Waals surface area contributed by atoms with Gasteiger partial charge in [-0.3, -0.25) is 0 Å². The number of nitrogens with zero attached hydrogens (tertiary/aromatic N) is 2. The quantitative estimate of drug-likeness (QED) is 0.786. The number of benzene rings is 1. The summed E-state index contributed by atoms with van der Waals surface area (Å²) in [7, 11) is 1.98. The first-order valence-electron chi connectivity index (χ1n) is 4.11. The molecule has 0 saturated heterocycles. The highest BCUT2D eigenvalue weighted by Gasteiger charge is 2.06. The summed E-state index contributed by atoms with van der Waals surface area (Å²) >= 11 is 6.86. The van der Waals surface area contributed by atoms with Crippen LogP contribution in [0.3, 0.4) is 0 Å². The molecule has 72 valence electrons. The summed E-state index contributed by atoms with van der Waals surface area (Å²) in [6.07, 6.45) is 1.80. The second-order valence-corrected chi connectivity index (χ2v) is 4.70. The Labute approximate surface area is 99.2 Å². The molecule has 0 fully saturated rings. The van der Waals surface area contributed by atoms with Gasteiger partial charge < -0.3 is 4.57 Å². The van der Waals surface area contributed by atoms with E-state index in [0.717, 1.165) is 20.5 Å². The first-order chi connectivity index (χ1) is 6.68. The maximum absolute atomic E-state index is 4.32. The smallest absolute Gasteiger partial charge is 0.140 e. The van der Waals surface area contributed by atoms with E-state index in [1.165, 1.54) is 0 Å². The van der Waals surface area contributed by atoms with Gasteiger partial charge in [-0.25, -0.2) is 4.98 Å². The topological polar surface area (TPSA) is 17.8 Å². The van der Waals surface area contributed by atoms with E-state index >= 15 is 0 Å². The van der Waals surface area contributed by atoms with Gasteiger partial charge in [-0.05, 0) is 28.1 Å². The molecule has 0 aliphatic carbocycles. The van der Waals surface area contributed by atoms with Crippen molar-refractivity contribution in [2.75, 3.05) is 0 Å². The summed E-state index contributed by atoms with van der Waals surface area (Å²) in [5.41, 5.74) is 1.10. The van der Waals surface area contributed by atoms with Gasteiger partial charge in [0, 0.05) is 17.1 Å². The van der Waals surface area contributed by atoms with Gasteiger partial charge in [-0.1, -0.05) is 28.1 Å². The van der Waals surface area contributed by atoms with E-state index in [1.54, 1.807) is 6.20 Å². The summed E-state index contributed by atoms with van der Waals surface area (Å²) in [4.78, 5) is 4.32. The van der Waals surface area contributed by atoms with Gasteiger partial charge in [0.05, 0.1) is 6.20 Å². The Bertz CT molecular complexity index is 463. The molecule has 1 aromatic carbocycles. The SMILES string of the molecule is Cn1c(Br)cnc1-c1cccc(Br)c1. The van der Waals surface area contributed by atoms with E-state index in [-0.39, 0.29) is 0 Å². The lowest BCUT2D eigenvalue weighted by atomic mass is 10.2. The first-order valence-corrected chi connectivity index (χ1v) is 5.70. The number of hydrogen-bond acceptors (Lipinski definition) is 1. The fourth-order valence-corrected chi connectivity index (χ4v) is 1.95. The minimum absolute atomic E-state index is 0.957. The van der Waals surface area contributed by atoms with Crippen molar-refractivity contribution in [1.29, 1.82) is 0 Å². The van der Waals surface area contributed by atoms with Crippen molar-refractivity contribution in [3.63, 3.8) is 0 Å². The predicted molar refractivity (Wildman–Crippen MR) is 64.0 cm³/mol. The van der Waals surface area contributed by atoms with Crippen LogP contribution in [0.25, 0.3) is 11.4 Å². The minimum atomic E-state index is 0.957. The molecule has 0 bridgehead atoms. The van der Waals surface area contributed by atoms with Crippen LogP contribution in [-0.4, -0.2) is 9.55 Å². The van der Waals surface area contributed by atoms with Crippen LogP contribution in [0, 0.1) is 0 Å². The molecule has 14 heavy (non-hydrogen) atoms. The van der Waals surface area contributed by atoms with E-state index < -0.39 is 0 Å². The van der Waals surface area contributed by atoms with E-state index in [0.29, 0.717) is 0 Å². The van der Waals surface area contributed by atoms with Gasteiger partial charge in [0.2, 0.25) is 0 Å². The van der Waals surface area contributed by atoms with Crippen molar-refractivity contribution in [2.24, 2.45) is 7.05 Å². The van der Waals surface area contributed by atoms with Crippen LogP contribution in [0.2, 0.25) is 0 Å². The molecule has 0 radical (unpaired) electrons. The normalized spacial score (nSPS) is 10.5. The fraction of sp³-hybridized carbons (Fsp3) is 0.100. The van der Waals surface area contributed by atoms with Crippen molar-refractivity contribution >= 4 is 31.9 Å². The standard InChI is InChI=1S/C10H8Br2N2/c1-14-9(12)6-13-10(14)7-3-2-4-8(11)5-7/h2-6H,1H3. The molecule has 0 N–H and O–H groups in total. The summed E-state index contributed by atoms with van der Waals surface area (Å²) < 4.78 is 4.04. The molecule has 2 rings (SSSR count). The molecule has 0 amide bonds. The number of rotatable bonds is 1. The van der Waals surface area contributed by atoms with Crippen LogP contribution in [-0.2, 0) is 7.05 Å². The molecule has 0 unspecified atom stereocenters. The van der Waals surface area contributed by atoms with Gasteiger partial charge in [0.1, 0.15) is 10.4 Å². The lowest BCUT2D eigenvalue weighted by molar-refractivity contribution is 0.902. The molecule has 0 saturated carbocycles. The lowest BCUT2D eigenvalue weighted by Crippen LogP contribution is -1.92. The maximum Gasteiger partial charge on any atom is 0.140 e. The Morgan fingerprint density at radius 1 is 1.29 bits per heavy atom. The molecule has 0 atom stereocenters. The molecular formula is C10H8Br2N2. The number of halogens is 2. The van der Waals surface area contributed by atoms with Gasteiger partial charge in [-0.2, -0.15) is 0 Å². The number of imidazole rings is 1. The van der Waals surface area contributed by atoms with Gasteiger partial charge in [0.15, 0.2) is 0 Å². The number of hydrogen-bond donors (Lipinski definition) is 0. The van der Waals surface area contributed by atoms with Crippen molar-refractivity contribution in [3.05, 3.63) is 39.5 Å². The van der Waals surface area contributed by atoms with E-state index in [2.05, 4.69) is 42.9 Å². The van der Waals surface area contributed by atoms with Crippen molar-refractivity contribution in [1.82, 2.24) is 9.55 Å². The monoisotopic (exact) mass is 314 g/mol. The Morgan fingerprint density at radius 3 is 2.64 bits per heavy atom. The van der Waals surface area contributed by atoms with Crippen molar-refractivity contribution < 1.29 is 0 Å². The van der Waals surface area contributed by atoms with Crippen LogP contribution in [0.15, 0.2) is 39.5 Å². The molecular weight excluding hydrogens is 308 g/mol. The minimum Gasteiger partial charge on any atom is -0.322 e. The van der Waals surface area contributed by atoms with Crippen LogP contribution >= 0.6 is 31.9 Å². The van der Waals surface area contributed by atoms with E-state index in [4.69, 9.17) is 0 Å². The zero-order valence-electron chi connectivity index (χ0n) is 7.54. The van der Waals surface area contributed by atoms with Crippen LogP contribution in [0.1, 0.15) is 0 Å². The summed E-state index contributed by atoms with van der Waals surface area (Å²) in [5, 5.41) is 0. The van der Waals surface area contributed by atoms with Crippen LogP contribution < -0.4 is 0 Å². The zero-order chi connectivity index (χ0) is 10.1. The maximum atomic E-state index is 4.32. The third-order valence-corrected chi connectivity index (χ3v) is 3.24. The Morgan fingerprint density at radius 2 is 2.07 bits per heavy atom. The summed E-state index contributed by atoms with van der Waals surface area (Å²) in [6.45, 7) is 0. The molecule has 0 spiro atoms. The Hall–Kier alpha value is -0.610. The van der Waals surface area contributed by atoms with Crippen molar-refractivity contribution in [2.45, 2.75) is 0 Å². The van der Waals surface area contributed by atoms with Gasteiger partial charge in [0.25, 0.3) is 0 Å². The summed E-state index contributed by atoms with van der Waals surface area (Å²) in [6, 6.07) is 8.10. The highest BCUT2D eigenvalue weighted by Crippen LogP contribution is 2.23. The molecule has 1 heterocycles. The Balaban J connectivity index is 2.55. The van der Waals surface area contributed by atoms with Gasteiger partial charge >= 0.3 is 0 Å². The fourth-order valence-electron chi connectivity index (χ4n) is 1.28. The first kappa shape index (κ1) is 9.93. The predicted octanol–water partition coefficient (Wildman–Crippen LogP) is 3.61. The molecule has 0 aliphatic heterocycles. The highest BCUT2D eigenvalue weighted by atomic mass is 79.9.